The number of likely N-dealkylation sites (N-methyl/N-ethyl adjacent to an activating group) is 2. The molecule has 0 saturated carbocycles. The first-order valence-electron chi connectivity index (χ1n) is 8.16. The summed E-state index contributed by atoms with van der Waals surface area (Å²) in [4.78, 5) is 25.8. The smallest absolute Gasteiger partial charge is 0.238 e. The van der Waals surface area contributed by atoms with Gasteiger partial charge in [-0.3, -0.25) is 14.5 Å². The van der Waals surface area contributed by atoms with Crippen molar-refractivity contribution in [3.05, 3.63) is 29.8 Å². The fourth-order valence-corrected chi connectivity index (χ4v) is 2.37. The summed E-state index contributed by atoms with van der Waals surface area (Å²) < 4.78 is 0. The largest absolute Gasteiger partial charge is 0.355 e. The molecule has 2 amide bonds. The highest BCUT2D eigenvalue weighted by atomic mass is 16.2. The van der Waals surface area contributed by atoms with E-state index in [0.29, 0.717) is 13.1 Å². The Morgan fingerprint density at radius 3 is 2.22 bits per heavy atom. The van der Waals surface area contributed by atoms with E-state index in [4.69, 9.17) is 0 Å². The normalized spacial score (nSPS) is 11.4. The molecule has 0 atom stereocenters. The zero-order chi connectivity index (χ0) is 17.5. The zero-order valence-corrected chi connectivity index (χ0v) is 14.9. The van der Waals surface area contributed by atoms with Gasteiger partial charge in [0, 0.05) is 12.2 Å². The average molecular weight is 319 g/mol. The molecule has 0 aliphatic carbocycles. The Morgan fingerprint density at radius 1 is 1.04 bits per heavy atom. The van der Waals surface area contributed by atoms with Crippen molar-refractivity contribution in [1.29, 1.82) is 0 Å². The summed E-state index contributed by atoms with van der Waals surface area (Å²) in [5, 5.41) is 5.72. The van der Waals surface area contributed by atoms with Crippen LogP contribution in [-0.2, 0) is 15.0 Å². The molecule has 0 heterocycles. The van der Waals surface area contributed by atoms with Crippen molar-refractivity contribution < 1.29 is 9.59 Å². The molecule has 2 N–H and O–H groups in total. The van der Waals surface area contributed by atoms with Crippen molar-refractivity contribution in [3.8, 4) is 0 Å². The second kappa shape index (κ2) is 8.67. The molecule has 1 aromatic carbocycles. The van der Waals surface area contributed by atoms with Gasteiger partial charge < -0.3 is 10.6 Å². The number of anilines is 1. The molecule has 0 radical (unpaired) electrons. The molecule has 23 heavy (non-hydrogen) atoms. The van der Waals surface area contributed by atoms with Gasteiger partial charge in [-0.15, -0.1) is 0 Å². The predicted octanol–water partition coefficient (Wildman–Crippen LogP) is 2.38. The van der Waals surface area contributed by atoms with Gasteiger partial charge in [0.2, 0.25) is 11.8 Å². The first-order chi connectivity index (χ1) is 10.8. The van der Waals surface area contributed by atoms with Crippen LogP contribution < -0.4 is 10.6 Å². The highest BCUT2D eigenvalue weighted by Gasteiger charge is 2.19. The van der Waals surface area contributed by atoms with Crippen molar-refractivity contribution in [3.63, 3.8) is 0 Å². The van der Waals surface area contributed by atoms with Crippen molar-refractivity contribution in [2.75, 3.05) is 31.5 Å². The summed E-state index contributed by atoms with van der Waals surface area (Å²) in [6.07, 6.45) is 0. The molecular formula is C18H29N3O2. The summed E-state index contributed by atoms with van der Waals surface area (Å²) >= 11 is 0. The molecule has 0 saturated heterocycles. The minimum absolute atomic E-state index is 0.0463. The lowest BCUT2D eigenvalue weighted by Gasteiger charge is -2.24. The number of hydrogen-bond acceptors (Lipinski definition) is 3. The van der Waals surface area contributed by atoms with Gasteiger partial charge in [0.05, 0.1) is 13.1 Å². The van der Waals surface area contributed by atoms with E-state index in [1.807, 2.05) is 43.0 Å². The molecule has 0 unspecified atom stereocenters. The summed E-state index contributed by atoms with van der Waals surface area (Å²) in [5.41, 5.74) is 1.88. The van der Waals surface area contributed by atoms with Crippen LogP contribution in [0.4, 0.5) is 5.69 Å². The molecule has 0 spiro atoms. The van der Waals surface area contributed by atoms with Crippen LogP contribution in [0.15, 0.2) is 24.3 Å². The second-order valence-corrected chi connectivity index (χ2v) is 6.60. The minimum Gasteiger partial charge on any atom is -0.355 e. The van der Waals surface area contributed by atoms with Crippen molar-refractivity contribution >= 4 is 17.5 Å². The quantitative estimate of drug-likeness (QED) is 0.811. The van der Waals surface area contributed by atoms with E-state index >= 15 is 0 Å². The molecule has 0 aliphatic heterocycles. The topological polar surface area (TPSA) is 61.4 Å². The van der Waals surface area contributed by atoms with Gasteiger partial charge in [-0.2, -0.15) is 0 Å². The monoisotopic (exact) mass is 319 g/mol. The molecule has 1 aromatic rings. The minimum atomic E-state index is -0.104. The number of benzene rings is 1. The number of rotatable bonds is 7. The number of nitrogens with zero attached hydrogens (tertiary/aromatic N) is 1. The van der Waals surface area contributed by atoms with Gasteiger partial charge in [0.1, 0.15) is 0 Å². The Bertz CT molecular complexity index is 535. The summed E-state index contributed by atoms with van der Waals surface area (Å²) in [6, 6.07) is 7.83. The van der Waals surface area contributed by atoms with E-state index in [2.05, 4.69) is 31.4 Å². The molecular weight excluding hydrogens is 290 g/mol. The van der Waals surface area contributed by atoms with Crippen LogP contribution >= 0.6 is 0 Å². The van der Waals surface area contributed by atoms with Gasteiger partial charge in [-0.05, 0) is 30.5 Å². The van der Waals surface area contributed by atoms with Gasteiger partial charge in [0.25, 0.3) is 0 Å². The molecule has 128 valence electrons. The van der Waals surface area contributed by atoms with E-state index < -0.39 is 0 Å². The lowest BCUT2D eigenvalue weighted by atomic mass is 9.86. The first kappa shape index (κ1) is 19.2. The first-order valence-corrected chi connectivity index (χ1v) is 8.16. The molecule has 0 aromatic heterocycles. The molecule has 1 rings (SSSR count). The standard InChI is InChI=1S/C18H29N3O2/c1-6-19-16(22)12-21(7-2)13-17(23)20-15-11-9-8-10-14(15)18(3,4)5/h8-11H,6-7,12-13H2,1-5H3,(H,19,22)(H,20,23). The highest BCUT2D eigenvalue weighted by Crippen LogP contribution is 2.29. The second-order valence-electron chi connectivity index (χ2n) is 6.60. The number of para-hydroxylation sites is 1. The maximum Gasteiger partial charge on any atom is 0.238 e. The summed E-state index contributed by atoms with van der Waals surface area (Å²) in [7, 11) is 0. The third-order valence-electron chi connectivity index (χ3n) is 3.56. The summed E-state index contributed by atoms with van der Waals surface area (Å²) in [6.45, 7) is 11.8. The molecule has 0 aliphatic rings. The predicted molar refractivity (Wildman–Crippen MR) is 94.6 cm³/mol. The lowest BCUT2D eigenvalue weighted by Crippen LogP contribution is -2.41. The Kier molecular flexibility index (Phi) is 7.23. The van der Waals surface area contributed by atoms with E-state index in [1.54, 1.807) is 0 Å². The SMILES string of the molecule is CCNC(=O)CN(CC)CC(=O)Nc1ccccc1C(C)(C)C. The fourth-order valence-electron chi connectivity index (χ4n) is 2.37. The summed E-state index contributed by atoms with van der Waals surface area (Å²) in [5.74, 6) is -0.162. The molecule has 5 heteroatoms. The molecule has 0 bridgehead atoms. The average Bonchev–Trinajstić information content (AvgIpc) is 2.46. The van der Waals surface area contributed by atoms with E-state index in [0.717, 1.165) is 11.3 Å². The van der Waals surface area contributed by atoms with Crippen molar-refractivity contribution in [2.24, 2.45) is 0 Å². The molecule has 5 nitrogen and oxygen atoms in total. The highest BCUT2D eigenvalue weighted by molar-refractivity contribution is 5.93. The van der Waals surface area contributed by atoms with Crippen LogP contribution in [0.2, 0.25) is 0 Å². The van der Waals surface area contributed by atoms with E-state index in [9.17, 15) is 9.59 Å². The van der Waals surface area contributed by atoms with Crippen LogP contribution in [0, 0.1) is 0 Å². The van der Waals surface area contributed by atoms with E-state index in [-0.39, 0.29) is 30.3 Å². The number of carbonyl (C=O) groups excluding carboxylic acids is 2. The third-order valence-corrected chi connectivity index (χ3v) is 3.56. The van der Waals surface area contributed by atoms with Crippen LogP contribution in [0.5, 0.6) is 0 Å². The maximum atomic E-state index is 12.3. The third kappa shape index (κ3) is 6.40. The van der Waals surface area contributed by atoms with Gasteiger partial charge in [0.15, 0.2) is 0 Å². The lowest BCUT2D eigenvalue weighted by molar-refractivity contribution is -0.123. The number of hydrogen-bond donors (Lipinski definition) is 2. The Labute approximate surface area is 139 Å². The van der Waals surface area contributed by atoms with Crippen LogP contribution in [0.3, 0.4) is 0 Å². The number of nitrogens with one attached hydrogen (secondary N) is 2. The number of carbonyl (C=O) groups is 2. The fraction of sp³-hybridized carbons (Fsp3) is 0.556. The Hall–Kier alpha value is -1.88. The molecule has 0 fully saturated rings. The van der Waals surface area contributed by atoms with Crippen LogP contribution in [-0.4, -0.2) is 42.9 Å². The van der Waals surface area contributed by atoms with E-state index in [1.165, 1.54) is 0 Å². The van der Waals surface area contributed by atoms with Crippen LogP contribution in [0.25, 0.3) is 0 Å². The van der Waals surface area contributed by atoms with Crippen LogP contribution in [0.1, 0.15) is 40.2 Å². The van der Waals surface area contributed by atoms with Gasteiger partial charge >= 0.3 is 0 Å². The van der Waals surface area contributed by atoms with Gasteiger partial charge in [-0.25, -0.2) is 0 Å². The van der Waals surface area contributed by atoms with Crippen molar-refractivity contribution in [1.82, 2.24) is 10.2 Å². The number of amides is 2. The maximum absolute atomic E-state index is 12.3. The Morgan fingerprint density at radius 2 is 1.65 bits per heavy atom. The van der Waals surface area contributed by atoms with Gasteiger partial charge in [-0.1, -0.05) is 45.9 Å². The van der Waals surface area contributed by atoms with Crippen molar-refractivity contribution in [2.45, 2.75) is 40.0 Å². The zero-order valence-electron chi connectivity index (χ0n) is 14.9. The Balaban J connectivity index is 2.71.